The maximum Gasteiger partial charge on any atom is 0.338 e. The lowest BCUT2D eigenvalue weighted by molar-refractivity contribution is -0.121. The number of anilines is 1. The lowest BCUT2D eigenvalue weighted by Crippen LogP contribution is -2.35. The van der Waals surface area contributed by atoms with Crippen molar-refractivity contribution in [3.63, 3.8) is 0 Å². The fourth-order valence-corrected chi connectivity index (χ4v) is 4.45. The number of benzene rings is 2. The Morgan fingerprint density at radius 2 is 1.89 bits per heavy atom. The highest BCUT2D eigenvalue weighted by Crippen LogP contribution is 2.37. The van der Waals surface area contributed by atoms with Gasteiger partial charge in [-0.05, 0) is 42.8 Å². The van der Waals surface area contributed by atoms with E-state index >= 15 is 0 Å². The number of amides is 1. The molecule has 0 spiro atoms. The van der Waals surface area contributed by atoms with Gasteiger partial charge in [0.2, 0.25) is 0 Å². The molecule has 142 valence electrons. The predicted molar refractivity (Wildman–Crippen MR) is 108 cm³/mol. The molecule has 0 radical (unpaired) electrons. The Morgan fingerprint density at radius 1 is 1.19 bits per heavy atom. The number of ether oxygens (including phenoxy) is 1. The van der Waals surface area contributed by atoms with Crippen molar-refractivity contribution >= 4 is 40.1 Å². The fraction of sp³-hybridized carbons (Fsp3) is 0.300. The highest BCUT2D eigenvalue weighted by atomic mass is 32.2. The highest BCUT2D eigenvalue weighted by molar-refractivity contribution is 8.00. The fourth-order valence-electron chi connectivity index (χ4n) is 2.82. The van der Waals surface area contributed by atoms with Crippen LogP contribution in [0.1, 0.15) is 23.7 Å². The molecule has 0 saturated heterocycles. The third-order valence-electron chi connectivity index (χ3n) is 4.29. The van der Waals surface area contributed by atoms with Gasteiger partial charge in [-0.15, -0.1) is 11.8 Å². The largest absolute Gasteiger partial charge is 0.452 e. The number of nitrogens with zero attached hydrogens (tertiary/aromatic N) is 1. The quantitative estimate of drug-likeness (QED) is 0.731. The van der Waals surface area contributed by atoms with Crippen LogP contribution in [-0.2, 0) is 20.3 Å². The van der Waals surface area contributed by atoms with Crippen LogP contribution in [0.5, 0.6) is 0 Å². The van der Waals surface area contributed by atoms with Gasteiger partial charge in [-0.1, -0.05) is 19.1 Å². The maximum absolute atomic E-state index is 12.7. The van der Waals surface area contributed by atoms with Crippen molar-refractivity contribution in [2.24, 2.45) is 0 Å². The minimum Gasteiger partial charge on any atom is -0.452 e. The molecule has 27 heavy (non-hydrogen) atoms. The maximum atomic E-state index is 12.7. The molecule has 1 heterocycles. The standard InChI is InChI=1S/C20H21NO4S2/c1-14-11-12-21(17-5-3-4-6-18(17)26-14)19(22)13-25-20(23)15-7-9-16(10-8-15)27(2)24/h3-10,14H,11-13H2,1-2H3/t14-,27-/m1/s1. The van der Waals surface area contributed by atoms with Gasteiger partial charge in [-0.25, -0.2) is 4.79 Å². The molecule has 1 amide bonds. The van der Waals surface area contributed by atoms with Crippen molar-refractivity contribution in [1.82, 2.24) is 0 Å². The summed E-state index contributed by atoms with van der Waals surface area (Å²) in [5, 5.41) is 0.411. The van der Waals surface area contributed by atoms with Gasteiger partial charge in [0.25, 0.3) is 5.91 Å². The Bertz CT molecular complexity index is 867. The summed E-state index contributed by atoms with van der Waals surface area (Å²) in [5.41, 5.74) is 1.19. The number of hydrogen-bond donors (Lipinski definition) is 0. The van der Waals surface area contributed by atoms with E-state index in [9.17, 15) is 13.8 Å². The smallest absolute Gasteiger partial charge is 0.338 e. The van der Waals surface area contributed by atoms with Crippen molar-refractivity contribution in [2.45, 2.75) is 28.4 Å². The third-order valence-corrected chi connectivity index (χ3v) is 6.47. The molecule has 0 aliphatic carbocycles. The number of para-hydroxylation sites is 1. The van der Waals surface area contributed by atoms with E-state index in [0.29, 0.717) is 22.3 Å². The Balaban J connectivity index is 1.67. The van der Waals surface area contributed by atoms with E-state index in [0.717, 1.165) is 17.0 Å². The second-order valence-electron chi connectivity index (χ2n) is 6.28. The zero-order valence-electron chi connectivity index (χ0n) is 15.2. The second kappa shape index (κ2) is 8.71. The molecule has 0 N–H and O–H groups in total. The average Bonchev–Trinajstić information content (AvgIpc) is 2.84. The molecular formula is C20H21NO4S2. The SMILES string of the molecule is C[C@@H]1CCN(C(=O)COC(=O)c2ccc([S@@](C)=O)cc2)c2ccccc2S1. The Hall–Kier alpha value is -2.12. The molecule has 1 aliphatic heterocycles. The predicted octanol–water partition coefficient (Wildman–Crippen LogP) is 3.50. The van der Waals surface area contributed by atoms with Crippen LogP contribution < -0.4 is 4.90 Å². The molecule has 3 rings (SSSR count). The Labute approximate surface area is 165 Å². The van der Waals surface area contributed by atoms with Crippen molar-refractivity contribution in [1.29, 1.82) is 0 Å². The number of thioether (sulfide) groups is 1. The first kappa shape index (κ1) is 19.6. The number of carbonyl (C=O) groups is 2. The van der Waals surface area contributed by atoms with Gasteiger partial charge < -0.3 is 9.64 Å². The second-order valence-corrected chi connectivity index (χ2v) is 9.14. The van der Waals surface area contributed by atoms with Crippen molar-refractivity contribution in [2.75, 3.05) is 24.3 Å². The summed E-state index contributed by atoms with van der Waals surface area (Å²) < 4.78 is 16.6. The van der Waals surface area contributed by atoms with Gasteiger partial charge in [0.1, 0.15) is 0 Å². The molecular weight excluding hydrogens is 382 g/mol. The van der Waals surface area contributed by atoms with E-state index in [2.05, 4.69) is 6.92 Å². The van der Waals surface area contributed by atoms with Gasteiger partial charge in [0.15, 0.2) is 6.61 Å². The van der Waals surface area contributed by atoms with Crippen LogP contribution >= 0.6 is 11.8 Å². The van der Waals surface area contributed by atoms with E-state index in [1.54, 1.807) is 47.2 Å². The third kappa shape index (κ3) is 4.78. The molecule has 2 aromatic carbocycles. The normalized spacial score (nSPS) is 17.6. The topological polar surface area (TPSA) is 63.7 Å². The first-order valence-corrected chi connectivity index (χ1v) is 11.1. The van der Waals surface area contributed by atoms with Crippen LogP contribution in [0, 0.1) is 0 Å². The molecule has 0 bridgehead atoms. The lowest BCUT2D eigenvalue weighted by atomic mass is 10.2. The van der Waals surface area contributed by atoms with E-state index in [1.807, 2.05) is 24.3 Å². The zero-order valence-corrected chi connectivity index (χ0v) is 16.8. The molecule has 7 heteroatoms. The van der Waals surface area contributed by atoms with Gasteiger partial charge in [-0.2, -0.15) is 0 Å². The first-order valence-electron chi connectivity index (χ1n) is 8.62. The molecule has 1 aliphatic rings. The number of carbonyl (C=O) groups excluding carboxylic acids is 2. The van der Waals surface area contributed by atoms with E-state index in [4.69, 9.17) is 4.74 Å². The summed E-state index contributed by atoms with van der Waals surface area (Å²) >= 11 is 1.75. The number of hydrogen-bond acceptors (Lipinski definition) is 5. The summed E-state index contributed by atoms with van der Waals surface area (Å²) in [6.07, 6.45) is 2.44. The molecule has 0 unspecified atom stereocenters. The van der Waals surface area contributed by atoms with Crippen LogP contribution in [0.2, 0.25) is 0 Å². The van der Waals surface area contributed by atoms with Crippen molar-refractivity contribution < 1.29 is 18.5 Å². The Morgan fingerprint density at radius 3 is 2.59 bits per heavy atom. The summed E-state index contributed by atoms with van der Waals surface area (Å²) in [6.45, 7) is 2.43. The summed E-state index contributed by atoms with van der Waals surface area (Å²) in [7, 11) is -1.11. The minimum atomic E-state index is -1.11. The molecule has 5 nitrogen and oxygen atoms in total. The van der Waals surface area contributed by atoms with Gasteiger partial charge in [-0.3, -0.25) is 9.00 Å². The number of rotatable bonds is 4. The molecule has 2 atom stereocenters. The number of esters is 1. The van der Waals surface area contributed by atoms with Gasteiger partial charge in [0.05, 0.1) is 11.3 Å². The summed E-state index contributed by atoms with van der Waals surface area (Å²) in [6, 6.07) is 14.2. The van der Waals surface area contributed by atoms with E-state index < -0.39 is 16.8 Å². The van der Waals surface area contributed by atoms with Crippen LogP contribution in [0.15, 0.2) is 58.3 Å². The zero-order chi connectivity index (χ0) is 19.4. The lowest BCUT2D eigenvalue weighted by Gasteiger charge is -2.22. The molecule has 2 aromatic rings. The van der Waals surface area contributed by atoms with Gasteiger partial charge >= 0.3 is 5.97 Å². The van der Waals surface area contributed by atoms with Crippen molar-refractivity contribution in [3.05, 3.63) is 54.1 Å². The van der Waals surface area contributed by atoms with E-state index in [-0.39, 0.29) is 12.5 Å². The van der Waals surface area contributed by atoms with Crippen LogP contribution in [0.3, 0.4) is 0 Å². The van der Waals surface area contributed by atoms with Crippen molar-refractivity contribution in [3.8, 4) is 0 Å². The summed E-state index contributed by atoms with van der Waals surface area (Å²) in [4.78, 5) is 28.3. The van der Waals surface area contributed by atoms with Gasteiger partial charge in [0, 0.05) is 38.6 Å². The molecule has 0 fully saturated rings. The van der Waals surface area contributed by atoms with Crippen LogP contribution in [-0.4, -0.2) is 40.7 Å². The summed E-state index contributed by atoms with van der Waals surface area (Å²) in [5.74, 6) is -0.806. The molecule has 0 saturated carbocycles. The average molecular weight is 404 g/mol. The first-order chi connectivity index (χ1) is 13.0. The van der Waals surface area contributed by atoms with Crippen LogP contribution in [0.4, 0.5) is 5.69 Å². The monoisotopic (exact) mass is 403 g/mol. The number of fused-ring (bicyclic) bond motifs is 1. The Kier molecular flexibility index (Phi) is 6.34. The van der Waals surface area contributed by atoms with E-state index in [1.165, 1.54) is 0 Å². The molecule has 0 aromatic heterocycles. The minimum absolute atomic E-state index is 0.239. The highest BCUT2D eigenvalue weighted by Gasteiger charge is 2.25. The van der Waals surface area contributed by atoms with Crippen LogP contribution in [0.25, 0.3) is 0 Å².